The van der Waals surface area contributed by atoms with Crippen molar-refractivity contribution < 1.29 is 20.4 Å². The van der Waals surface area contributed by atoms with E-state index < -0.39 is 0 Å². The van der Waals surface area contributed by atoms with Gasteiger partial charge in [0.1, 0.15) is 17.2 Å². The van der Waals surface area contributed by atoms with Crippen LogP contribution in [0.1, 0.15) is 30.5 Å². The lowest BCUT2D eigenvalue weighted by molar-refractivity contribution is 0.282. The molecule has 0 atom stereocenters. The lowest BCUT2D eigenvalue weighted by Crippen LogP contribution is -2.17. The van der Waals surface area contributed by atoms with Crippen molar-refractivity contribution in [2.45, 2.75) is 25.9 Å². The molecule has 228 valence electrons. The van der Waals surface area contributed by atoms with Crippen molar-refractivity contribution in [1.29, 1.82) is 0 Å². The first-order chi connectivity index (χ1) is 22.2. The number of aliphatic hydroxyl groups excluding tert-OH is 1. The number of aromatic hydroxyl groups is 3. The fraction of sp³-hybridized carbons (Fsp3) is 0.100. The zero-order valence-corrected chi connectivity index (χ0v) is 25.6. The molecule has 0 radical (unpaired) electrons. The first-order valence-electron chi connectivity index (χ1n) is 15.2. The third kappa shape index (κ3) is 5.09. The Kier molecular flexibility index (Phi) is 7.15. The molecule has 4 N–H and O–H groups in total. The Bertz CT molecular complexity index is 1970. The molecule has 6 heteroatoms. The standard InChI is InChI=1S/C40H34N2O4/c1-40(2)38-23-31(41(28-7-15-33(44)16-8-28)27-5-3-26(25-43)4-6-27)13-21-36(38)37-22-14-32(24-39(37)40)42(29-9-17-34(45)18-10-29)30-11-19-35(46)20-12-30/h3-24,43-46H,25H2,1-2H3. The summed E-state index contributed by atoms with van der Waals surface area (Å²) in [6.07, 6.45) is 0. The van der Waals surface area contributed by atoms with E-state index in [-0.39, 0.29) is 29.3 Å². The van der Waals surface area contributed by atoms with E-state index in [4.69, 9.17) is 0 Å². The summed E-state index contributed by atoms with van der Waals surface area (Å²) < 4.78 is 0. The maximum atomic E-state index is 10.0. The molecular weight excluding hydrogens is 572 g/mol. The average Bonchev–Trinajstić information content (AvgIpc) is 3.29. The molecule has 6 aromatic carbocycles. The van der Waals surface area contributed by atoms with Crippen LogP contribution in [0.15, 0.2) is 133 Å². The van der Waals surface area contributed by atoms with Gasteiger partial charge in [-0.2, -0.15) is 0 Å². The number of phenols is 3. The maximum absolute atomic E-state index is 10.0. The molecule has 0 saturated heterocycles. The summed E-state index contributed by atoms with van der Waals surface area (Å²) in [5.74, 6) is 0.595. The smallest absolute Gasteiger partial charge is 0.115 e. The van der Waals surface area contributed by atoms with Gasteiger partial charge >= 0.3 is 0 Å². The number of hydrogen-bond acceptors (Lipinski definition) is 6. The van der Waals surface area contributed by atoms with Crippen LogP contribution < -0.4 is 9.80 Å². The Balaban J connectivity index is 1.33. The van der Waals surface area contributed by atoms with Gasteiger partial charge < -0.3 is 30.2 Å². The van der Waals surface area contributed by atoms with E-state index in [2.05, 4.69) is 60.0 Å². The minimum Gasteiger partial charge on any atom is -0.508 e. The van der Waals surface area contributed by atoms with Crippen LogP contribution in [0, 0.1) is 0 Å². The highest BCUT2D eigenvalue weighted by Gasteiger charge is 2.37. The highest BCUT2D eigenvalue weighted by molar-refractivity contribution is 5.88. The normalized spacial score (nSPS) is 12.8. The monoisotopic (exact) mass is 606 g/mol. The molecule has 6 nitrogen and oxygen atoms in total. The van der Waals surface area contributed by atoms with E-state index >= 15 is 0 Å². The van der Waals surface area contributed by atoms with Crippen molar-refractivity contribution >= 4 is 34.1 Å². The second-order valence-electron chi connectivity index (χ2n) is 12.1. The van der Waals surface area contributed by atoms with Gasteiger partial charge in [-0.1, -0.05) is 38.1 Å². The summed E-state index contributed by atoms with van der Waals surface area (Å²) in [4.78, 5) is 4.27. The molecule has 0 amide bonds. The maximum Gasteiger partial charge on any atom is 0.115 e. The molecular formula is C40H34N2O4. The van der Waals surface area contributed by atoms with Crippen molar-refractivity contribution in [3.8, 4) is 28.4 Å². The lowest BCUT2D eigenvalue weighted by Gasteiger charge is -2.29. The quantitative estimate of drug-likeness (QED) is 0.145. The second kappa shape index (κ2) is 11.3. The first kappa shape index (κ1) is 29.0. The van der Waals surface area contributed by atoms with Crippen LogP contribution >= 0.6 is 0 Å². The van der Waals surface area contributed by atoms with Crippen molar-refractivity contribution in [1.82, 2.24) is 0 Å². The van der Waals surface area contributed by atoms with Gasteiger partial charge in [-0.05, 0) is 137 Å². The predicted molar refractivity (Wildman–Crippen MR) is 184 cm³/mol. The van der Waals surface area contributed by atoms with Crippen molar-refractivity contribution in [3.63, 3.8) is 0 Å². The van der Waals surface area contributed by atoms with Gasteiger partial charge in [-0.15, -0.1) is 0 Å². The molecule has 6 aromatic rings. The molecule has 0 spiro atoms. The Morgan fingerprint density at radius 2 is 0.739 bits per heavy atom. The summed E-state index contributed by atoms with van der Waals surface area (Å²) in [6.45, 7) is 4.47. The van der Waals surface area contributed by atoms with Crippen LogP contribution in [-0.4, -0.2) is 20.4 Å². The number of phenolic OH excluding ortho intramolecular Hbond substituents is 3. The van der Waals surface area contributed by atoms with Gasteiger partial charge in [0.15, 0.2) is 0 Å². The Hall–Kier alpha value is -5.72. The third-order valence-corrected chi connectivity index (χ3v) is 8.86. The van der Waals surface area contributed by atoms with Crippen molar-refractivity contribution in [2.75, 3.05) is 9.80 Å². The number of nitrogens with zero attached hydrogens (tertiary/aromatic N) is 2. The zero-order chi connectivity index (χ0) is 32.0. The summed E-state index contributed by atoms with van der Waals surface area (Å²) >= 11 is 0. The van der Waals surface area contributed by atoms with Crippen LogP contribution in [0.25, 0.3) is 11.1 Å². The largest absolute Gasteiger partial charge is 0.508 e. The van der Waals surface area contributed by atoms with E-state index in [0.717, 1.165) is 39.7 Å². The summed E-state index contributed by atoms with van der Waals surface area (Å²) in [6, 6.07) is 42.3. The molecule has 1 aliphatic carbocycles. The van der Waals surface area contributed by atoms with E-state index in [1.54, 1.807) is 36.4 Å². The lowest BCUT2D eigenvalue weighted by atomic mass is 9.82. The van der Waals surface area contributed by atoms with Crippen LogP contribution in [0.3, 0.4) is 0 Å². The van der Waals surface area contributed by atoms with E-state index in [9.17, 15) is 20.4 Å². The number of aliphatic hydroxyl groups is 1. The van der Waals surface area contributed by atoms with E-state index in [0.29, 0.717) is 0 Å². The number of hydrogen-bond donors (Lipinski definition) is 4. The van der Waals surface area contributed by atoms with Gasteiger partial charge in [-0.25, -0.2) is 0 Å². The predicted octanol–water partition coefficient (Wildman–Crippen LogP) is 9.54. The second-order valence-corrected chi connectivity index (χ2v) is 12.1. The van der Waals surface area contributed by atoms with E-state index in [1.165, 1.54) is 22.3 Å². The molecule has 0 unspecified atom stereocenters. The van der Waals surface area contributed by atoms with Crippen LogP contribution in [0.5, 0.6) is 17.2 Å². The fourth-order valence-corrected chi connectivity index (χ4v) is 6.44. The number of rotatable bonds is 7. The molecule has 0 saturated carbocycles. The molecule has 0 fully saturated rings. The Morgan fingerprint density at radius 1 is 0.435 bits per heavy atom. The highest BCUT2D eigenvalue weighted by Crippen LogP contribution is 2.52. The minimum absolute atomic E-state index is 0.0241. The van der Waals surface area contributed by atoms with Crippen LogP contribution in [-0.2, 0) is 12.0 Å². The number of benzene rings is 6. The summed E-state index contributed by atoms with van der Waals surface area (Å²) in [5, 5.41) is 39.6. The summed E-state index contributed by atoms with van der Waals surface area (Å²) in [7, 11) is 0. The number of anilines is 6. The van der Waals surface area contributed by atoms with Gasteiger partial charge in [0.2, 0.25) is 0 Å². The van der Waals surface area contributed by atoms with Crippen molar-refractivity contribution in [2.24, 2.45) is 0 Å². The molecule has 7 rings (SSSR count). The molecule has 1 aliphatic rings. The zero-order valence-electron chi connectivity index (χ0n) is 25.6. The first-order valence-corrected chi connectivity index (χ1v) is 15.2. The van der Waals surface area contributed by atoms with Gasteiger partial charge in [0.25, 0.3) is 0 Å². The SMILES string of the molecule is CC1(C)c2cc(N(c3ccc(O)cc3)c3ccc(O)cc3)ccc2-c2ccc(N(c3ccc(O)cc3)c3ccc(CO)cc3)cc21. The summed E-state index contributed by atoms with van der Waals surface area (Å²) in [5.41, 5.74) is 10.8. The number of fused-ring (bicyclic) bond motifs is 3. The van der Waals surface area contributed by atoms with Gasteiger partial charge in [0.05, 0.1) is 6.61 Å². The van der Waals surface area contributed by atoms with Crippen LogP contribution in [0.4, 0.5) is 34.1 Å². The Labute approximate surface area is 268 Å². The van der Waals surface area contributed by atoms with Gasteiger partial charge in [-0.3, -0.25) is 0 Å². The minimum atomic E-state index is -0.326. The topological polar surface area (TPSA) is 87.4 Å². The molecule has 46 heavy (non-hydrogen) atoms. The molecule has 0 bridgehead atoms. The van der Waals surface area contributed by atoms with Gasteiger partial charge in [0, 0.05) is 39.5 Å². The van der Waals surface area contributed by atoms with Crippen LogP contribution in [0.2, 0.25) is 0 Å². The molecule has 0 aromatic heterocycles. The van der Waals surface area contributed by atoms with E-state index in [1.807, 2.05) is 60.7 Å². The molecule has 0 aliphatic heterocycles. The Morgan fingerprint density at radius 3 is 1.07 bits per heavy atom. The highest BCUT2D eigenvalue weighted by atomic mass is 16.3. The van der Waals surface area contributed by atoms with Crippen molar-refractivity contribution in [3.05, 3.63) is 150 Å². The fourth-order valence-electron chi connectivity index (χ4n) is 6.44. The third-order valence-electron chi connectivity index (χ3n) is 8.86. The average molecular weight is 607 g/mol. The molecule has 0 heterocycles.